The lowest BCUT2D eigenvalue weighted by Crippen LogP contribution is -2.47. The van der Waals surface area contributed by atoms with E-state index in [1.807, 2.05) is 12.3 Å². The van der Waals surface area contributed by atoms with E-state index in [1.54, 1.807) is 0 Å². The third kappa shape index (κ3) is 2.35. The third-order valence-electron chi connectivity index (χ3n) is 3.56. The summed E-state index contributed by atoms with van der Waals surface area (Å²) in [6, 6.07) is 6.16. The molecule has 0 radical (unpaired) electrons. The van der Waals surface area contributed by atoms with Crippen LogP contribution in [0, 0.1) is 5.92 Å². The highest BCUT2D eigenvalue weighted by molar-refractivity contribution is 5.38. The topological polar surface area (TPSA) is 19.4 Å². The van der Waals surface area contributed by atoms with Crippen LogP contribution in [0.5, 0.6) is 0 Å². The van der Waals surface area contributed by atoms with E-state index in [1.165, 1.54) is 32.5 Å². The maximum atomic E-state index is 4.41. The van der Waals surface area contributed by atoms with Crippen LogP contribution in [0.15, 0.2) is 24.4 Å². The molecule has 1 aromatic heterocycles. The van der Waals surface area contributed by atoms with E-state index in [9.17, 15) is 0 Å². The van der Waals surface area contributed by atoms with Crippen molar-refractivity contribution >= 4 is 5.82 Å². The van der Waals surface area contributed by atoms with Gasteiger partial charge in [-0.25, -0.2) is 4.98 Å². The van der Waals surface area contributed by atoms with Crippen molar-refractivity contribution in [1.82, 2.24) is 9.88 Å². The minimum atomic E-state index is 1.02. The fourth-order valence-electron chi connectivity index (χ4n) is 2.37. The highest BCUT2D eigenvalue weighted by Gasteiger charge is 2.26. The Morgan fingerprint density at radius 1 is 1.12 bits per heavy atom. The Kier molecular flexibility index (Phi) is 2.79. The molecule has 3 heteroatoms. The van der Waals surface area contributed by atoms with Crippen molar-refractivity contribution in [1.29, 1.82) is 0 Å². The van der Waals surface area contributed by atoms with Gasteiger partial charge in [0.1, 0.15) is 5.82 Å². The van der Waals surface area contributed by atoms with E-state index in [2.05, 4.69) is 26.9 Å². The van der Waals surface area contributed by atoms with Crippen molar-refractivity contribution in [2.75, 3.05) is 37.6 Å². The van der Waals surface area contributed by atoms with Gasteiger partial charge in [0, 0.05) is 38.9 Å². The number of hydrogen-bond acceptors (Lipinski definition) is 3. The Labute approximate surface area is 97.1 Å². The first kappa shape index (κ1) is 10.1. The van der Waals surface area contributed by atoms with Gasteiger partial charge in [0.15, 0.2) is 0 Å². The van der Waals surface area contributed by atoms with Crippen LogP contribution in [0.1, 0.15) is 12.8 Å². The van der Waals surface area contributed by atoms with Crippen LogP contribution in [0.25, 0.3) is 0 Å². The van der Waals surface area contributed by atoms with Crippen LogP contribution in [0.2, 0.25) is 0 Å². The first-order valence-electron chi connectivity index (χ1n) is 6.30. The van der Waals surface area contributed by atoms with E-state index in [0.717, 1.165) is 24.8 Å². The Bertz CT molecular complexity index is 326. The Hall–Kier alpha value is -1.09. The molecule has 0 amide bonds. The van der Waals surface area contributed by atoms with Gasteiger partial charge in [0.2, 0.25) is 0 Å². The molecule has 2 heterocycles. The van der Waals surface area contributed by atoms with Gasteiger partial charge in [-0.05, 0) is 30.9 Å². The summed E-state index contributed by atoms with van der Waals surface area (Å²) in [5.74, 6) is 2.15. The average molecular weight is 217 g/mol. The molecular formula is C13H19N3. The molecule has 0 N–H and O–H groups in total. The number of nitrogens with zero attached hydrogens (tertiary/aromatic N) is 3. The summed E-state index contributed by atoms with van der Waals surface area (Å²) in [4.78, 5) is 9.41. The third-order valence-corrected chi connectivity index (χ3v) is 3.56. The number of pyridine rings is 1. The second-order valence-corrected chi connectivity index (χ2v) is 4.92. The lowest BCUT2D eigenvalue weighted by atomic mass is 10.2. The van der Waals surface area contributed by atoms with Crippen molar-refractivity contribution in [3.8, 4) is 0 Å². The average Bonchev–Trinajstić information content (AvgIpc) is 3.15. The molecule has 1 aliphatic carbocycles. The molecule has 16 heavy (non-hydrogen) atoms. The molecule has 1 aliphatic heterocycles. The normalized spacial score (nSPS) is 22.4. The SMILES string of the molecule is c1ccc(N2CCN(CC3CC3)CC2)nc1. The van der Waals surface area contributed by atoms with E-state index in [4.69, 9.17) is 0 Å². The minimum absolute atomic E-state index is 1.02. The fraction of sp³-hybridized carbons (Fsp3) is 0.615. The standard InChI is InChI=1S/C13H19N3/c1-2-6-14-13(3-1)16-9-7-15(8-10-16)11-12-4-5-12/h1-3,6,12H,4-5,7-11H2. The van der Waals surface area contributed by atoms with Gasteiger partial charge >= 0.3 is 0 Å². The molecule has 1 saturated heterocycles. The monoisotopic (exact) mass is 217 g/mol. The van der Waals surface area contributed by atoms with Crippen molar-refractivity contribution in [3.63, 3.8) is 0 Å². The molecule has 0 bridgehead atoms. The summed E-state index contributed by atoms with van der Waals surface area (Å²) in [6.45, 7) is 5.99. The van der Waals surface area contributed by atoms with Gasteiger partial charge in [-0.2, -0.15) is 0 Å². The van der Waals surface area contributed by atoms with Crippen molar-refractivity contribution in [2.45, 2.75) is 12.8 Å². The Morgan fingerprint density at radius 2 is 1.94 bits per heavy atom. The lowest BCUT2D eigenvalue weighted by molar-refractivity contribution is 0.247. The number of piperazine rings is 1. The highest BCUT2D eigenvalue weighted by Crippen LogP contribution is 2.30. The van der Waals surface area contributed by atoms with E-state index >= 15 is 0 Å². The van der Waals surface area contributed by atoms with Crippen molar-refractivity contribution < 1.29 is 0 Å². The van der Waals surface area contributed by atoms with Gasteiger partial charge in [0.25, 0.3) is 0 Å². The molecule has 0 atom stereocenters. The fourth-order valence-corrected chi connectivity index (χ4v) is 2.37. The van der Waals surface area contributed by atoms with E-state index in [0.29, 0.717) is 0 Å². The highest BCUT2D eigenvalue weighted by atomic mass is 15.3. The zero-order valence-corrected chi connectivity index (χ0v) is 9.68. The largest absolute Gasteiger partial charge is 0.354 e. The molecular weight excluding hydrogens is 198 g/mol. The van der Waals surface area contributed by atoms with Crippen LogP contribution >= 0.6 is 0 Å². The van der Waals surface area contributed by atoms with Gasteiger partial charge in [-0.3, -0.25) is 4.90 Å². The predicted octanol–water partition coefficient (Wildman–Crippen LogP) is 1.61. The molecule has 1 aromatic rings. The summed E-state index contributed by atoms with van der Waals surface area (Å²) in [6.07, 6.45) is 4.80. The van der Waals surface area contributed by atoms with Crippen LogP contribution in [-0.4, -0.2) is 42.6 Å². The molecule has 86 valence electrons. The van der Waals surface area contributed by atoms with Gasteiger partial charge in [-0.15, -0.1) is 0 Å². The zero-order chi connectivity index (χ0) is 10.8. The number of anilines is 1. The van der Waals surface area contributed by atoms with Gasteiger partial charge in [0.05, 0.1) is 0 Å². The van der Waals surface area contributed by atoms with Crippen molar-refractivity contribution in [3.05, 3.63) is 24.4 Å². The first-order valence-corrected chi connectivity index (χ1v) is 6.30. The summed E-state index contributed by atoms with van der Waals surface area (Å²) >= 11 is 0. The van der Waals surface area contributed by atoms with Crippen molar-refractivity contribution in [2.24, 2.45) is 5.92 Å². The molecule has 2 fully saturated rings. The molecule has 3 rings (SSSR count). The van der Waals surface area contributed by atoms with E-state index in [-0.39, 0.29) is 0 Å². The molecule has 1 saturated carbocycles. The summed E-state index contributed by atoms with van der Waals surface area (Å²) in [5.41, 5.74) is 0. The molecule has 0 spiro atoms. The second-order valence-electron chi connectivity index (χ2n) is 4.92. The quantitative estimate of drug-likeness (QED) is 0.767. The smallest absolute Gasteiger partial charge is 0.128 e. The maximum absolute atomic E-state index is 4.41. The number of aromatic nitrogens is 1. The van der Waals surface area contributed by atoms with Crippen LogP contribution < -0.4 is 4.90 Å². The molecule has 0 unspecified atom stereocenters. The summed E-state index contributed by atoms with van der Waals surface area (Å²) < 4.78 is 0. The molecule has 0 aromatic carbocycles. The maximum Gasteiger partial charge on any atom is 0.128 e. The molecule has 2 aliphatic rings. The first-order chi connectivity index (χ1) is 7.92. The van der Waals surface area contributed by atoms with Crippen LogP contribution in [0.4, 0.5) is 5.82 Å². The van der Waals surface area contributed by atoms with Gasteiger partial charge in [-0.1, -0.05) is 6.07 Å². The Balaban J connectivity index is 1.53. The van der Waals surface area contributed by atoms with Crippen LogP contribution in [-0.2, 0) is 0 Å². The number of rotatable bonds is 3. The number of hydrogen-bond donors (Lipinski definition) is 0. The Morgan fingerprint density at radius 3 is 2.56 bits per heavy atom. The molecule has 3 nitrogen and oxygen atoms in total. The lowest BCUT2D eigenvalue weighted by Gasteiger charge is -2.35. The zero-order valence-electron chi connectivity index (χ0n) is 9.68. The predicted molar refractivity (Wildman–Crippen MR) is 65.6 cm³/mol. The van der Waals surface area contributed by atoms with E-state index < -0.39 is 0 Å². The summed E-state index contributed by atoms with van der Waals surface area (Å²) in [7, 11) is 0. The van der Waals surface area contributed by atoms with Gasteiger partial charge < -0.3 is 4.90 Å². The second kappa shape index (κ2) is 4.42. The summed E-state index contributed by atoms with van der Waals surface area (Å²) in [5, 5.41) is 0. The van der Waals surface area contributed by atoms with Crippen LogP contribution in [0.3, 0.4) is 0 Å². The minimum Gasteiger partial charge on any atom is -0.354 e.